The van der Waals surface area contributed by atoms with Crippen molar-refractivity contribution < 1.29 is 14.3 Å². The summed E-state index contributed by atoms with van der Waals surface area (Å²) >= 11 is 1.54. The summed E-state index contributed by atoms with van der Waals surface area (Å²) in [5.41, 5.74) is -0.0892. The van der Waals surface area contributed by atoms with Gasteiger partial charge in [-0.25, -0.2) is 0 Å². The summed E-state index contributed by atoms with van der Waals surface area (Å²) in [5.74, 6) is 0.440. The summed E-state index contributed by atoms with van der Waals surface area (Å²) in [6, 6.07) is 3.88. The zero-order valence-corrected chi connectivity index (χ0v) is 11.2. The molecule has 0 amide bonds. The maximum Gasteiger partial charge on any atom is 0.176 e. The fourth-order valence-electron chi connectivity index (χ4n) is 2.96. The van der Waals surface area contributed by atoms with Crippen molar-refractivity contribution in [2.75, 3.05) is 19.8 Å². The number of hydrogen-bond acceptors (Lipinski definition) is 4. The molecule has 3 heterocycles. The Morgan fingerprint density at radius 2 is 2.17 bits per heavy atom. The van der Waals surface area contributed by atoms with Crippen LogP contribution in [0.2, 0.25) is 0 Å². The molecule has 2 saturated heterocycles. The van der Waals surface area contributed by atoms with Crippen LogP contribution in [-0.4, -0.2) is 31.2 Å². The highest BCUT2D eigenvalue weighted by Gasteiger charge is 2.41. The van der Waals surface area contributed by atoms with Gasteiger partial charge in [0.2, 0.25) is 0 Å². The molecule has 0 radical (unpaired) electrons. The molecule has 0 N–H and O–H groups in total. The molecule has 2 aliphatic rings. The molecule has 0 aromatic carbocycles. The Balaban J connectivity index is 1.72. The Hall–Kier alpha value is -0.710. The van der Waals surface area contributed by atoms with Crippen LogP contribution in [0.4, 0.5) is 0 Å². The molecule has 2 fully saturated rings. The van der Waals surface area contributed by atoms with Crippen LogP contribution >= 0.6 is 11.3 Å². The van der Waals surface area contributed by atoms with Crippen LogP contribution in [0.15, 0.2) is 17.5 Å². The Bertz CT molecular complexity index is 401. The van der Waals surface area contributed by atoms with Gasteiger partial charge >= 0.3 is 0 Å². The SMILES string of the molecule is O=C(c1cccs1)C1CCOC2(CCOCC2)C1. The molecule has 1 spiro atoms. The third kappa shape index (κ3) is 2.37. The van der Waals surface area contributed by atoms with Crippen LogP contribution in [-0.2, 0) is 9.47 Å². The van der Waals surface area contributed by atoms with E-state index in [4.69, 9.17) is 9.47 Å². The predicted molar refractivity (Wildman–Crippen MR) is 70.1 cm³/mol. The summed E-state index contributed by atoms with van der Waals surface area (Å²) in [6.45, 7) is 2.24. The van der Waals surface area contributed by atoms with Crippen molar-refractivity contribution in [2.45, 2.75) is 31.3 Å². The van der Waals surface area contributed by atoms with E-state index in [1.165, 1.54) is 0 Å². The largest absolute Gasteiger partial charge is 0.381 e. The zero-order valence-electron chi connectivity index (χ0n) is 10.4. The maximum absolute atomic E-state index is 12.4. The molecule has 0 bridgehead atoms. The van der Waals surface area contributed by atoms with E-state index < -0.39 is 0 Å². The number of ketones is 1. The van der Waals surface area contributed by atoms with Gasteiger partial charge in [-0.1, -0.05) is 6.07 Å². The second-order valence-electron chi connectivity index (χ2n) is 5.18. The van der Waals surface area contributed by atoms with Gasteiger partial charge in [0.15, 0.2) is 5.78 Å². The Labute approximate surface area is 111 Å². The number of ether oxygens (including phenoxy) is 2. The third-order valence-electron chi connectivity index (χ3n) is 4.03. The zero-order chi connectivity index (χ0) is 12.4. The number of Topliss-reactive ketones (excluding diaryl/α,β-unsaturated/α-hetero) is 1. The van der Waals surface area contributed by atoms with Gasteiger partial charge < -0.3 is 9.47 Å². The highest BCUT2D eigenvalue weighted by Crippen LogP contribution is 2.38. The first-order chi connectivity index (χ1) is 8.79. The molecular weight excluding hydrogens is 248 g/mol. The predicted octanol–water partition coefficient (Wildman–Crippen LogP) is 2.91. The Kier molecular flexibility index (Phi) is 3.50. The molecule has 1 aromatic rings. The van der Waals surface area contributed by atoms with Crippen LogP contribution in [0, 0.1) is 5.92 Å². The minimum atomic E-state index is -0.0892. The summed E-state index contributed by atoms with van der Waals surface area (Å²) < 4.78 is 11.4. The van der Waals surface area contributed by atoms with Crippen LogP contribution in [0.1, 0.15) is 35.4 Å². The smallest absolute Gasteiger partial charge is 0.176 e. The lowest BCUT2D eigenvalue weighted by Crippen LogP contribution is -2.45. The first-order valence-corrected chi connectivity index (χ1v) is 7.46. The van der Waals surface area contributed by atoms with Crippen LogP contribution in [0.25, 0.3) is 0 Å². The second-order valence-corrected chi connectivity index (χ2v) is 6.12. The van der Waals surface area contributed by atoms with E-state index in [1.54, 1.807) is 11.3 Å². The summed E-state index contributed by atoms with van der Waals surface area (Å²) in [5, 5.41) is 1.97. The molecule has 2 aliphatic heterocycles. The van der Waals surface area contributed by atoms with E-state index in [9.17, 15) is 4.79 Å². The van der Waals surface area contributed by atoms with E-state index in [2.05, 4.69) is 0 Å². The average Bonchev–Trinajstić information content (AvgIpc) is 2.93. The van der Waals surface area contributed by atoms with Gasteiger partial charge in [0.1, 0.15) is 0 Å². The lowest BCUT2D eigenvalue weighted by atomic mass is 9.79. The van der Waals surface area contributed by atoms with Crippen molar-refractivity contribution in [1.29, 1.82) is 0 Å². The normalized spacial score (nSPS) is 27.2. The highest BCUT2D eigenvalue weighted by molar-refractivity contribution is 7.12. The minimum Gasteiger partial charge on any atom is -0.381 e. The maximum atomic E-state index is 12.4. The lowest BCUT2D eigenvalue weighted by Gasteiger charge is -2.42. The van der Waals surface area contributed by atoms with Crippen LogP contribution in [0.5, 0.6) is 0 Å². The summed E-state index contributed by atoms with van der Waals surface area (Å²) in [4.78, 5) is 13.3. The topological polar surface area (TPSA) is 35.5 Å². The van der Waals surface area contributed by atoms with Crippen molar-refractivity contribution in [3.8, 4) is 0 Å². The van der Waals surface area contributed by atoms with Gasteiger partial charge in [0.25, 0.3) is 0 Å². The minimum absolute atomic E-state index is 0.0892. The van der Waals surface area contributed by atoms with Gasteiger partial charge in [-0.15, -0.1) is 11.3 Å². The molecule has 3 rings (SSSR count). The van der Waals surface area contributed by atoms with Crippen molar-refractivity contribution in [2.24, 2.45) is 5.92 Å². The molecule has 1 unspecified atom stereocenters. The van der Waals surface area contributed by atoms with Crippen molar-refractivity contribution in [1.82, 2.24) is 0 Å². The van der Waals surface area contributed by atoms with Gasteiger partial charge in [0, 0.05) is 25.7 Å². The number of thiophene rings is 1. The lowest BCUT2D eigenvalue weighted by molar-refractivity contribution is -0.142. The number of hydrogen-bond donors (Lipinski definition) is 0. The first kappa shape index (κ1) is 12.3. The van der Waals surface area contributed by atoms with Crippen molar-refractivity contribution in [3.63, 3.8) is 0 Å². The second kappa shape index (κ2) is 5.11. The monoisotopic (exact) mass is 266 g/mol. The summed E-state index contributed by atoms with van der Waals surface area (Å²) in [6.07, 6.45) is 3.59. The molecule has 1 aromatic heterocycles. The first-order valence-electron chi connectivity index (χ1n) is 6.59. The van der Waals surface area contributed by atoms with E-state index in [0.717, 1.165) is 43.8 Å². The molecule has 4 heteroatoms. The standard InChI is InChI=1S/C14H18O3S/c15-13(12-2-1-9-18-12)11-3-6-17-14(10-11)4-7-16-8-5-14/h1-2,9,11H,3-8,10H2. The van der Waals surface area contributed by atoms with Crippen molar-refractivity contribution >= 4 is 17.1 Å². The molecular formula is C14H18O3S. The highest BCUT2D eigenvalue weighted by atomic mass is 32.1. The fourth-order valence-corrected chi connectivity index (χ4v) is 3.71. The molecule has 98 valence electrons. The van der Waals surface area contributed by atoms with Gasteiger partial charge in [-0.2, -0.15) is 0 Å². The quantitative estimate of drug-likeness (QED) is 0.772. The Morgan fingerprint density at radius 1 is 1.33 bits per heavy atom. The van der Waals surface area contributed by atoms with Gasteiger partial charge in [-0.05, 0) is 37.1 Å². The average molecular weight is 266 g/mol. The number of carbonyl (C=O) groups is 1. The Morgan fingerprint density at radius 3 is 2.89 bits per heavy atom. The number of carbonyl (C=O) groups excluding carboxylic acids is 1. The van der Waals surface area contributed by atoms with Crippen molar-refractivity contribution in [3.05, 3.63) is 22.4 Å². The van der Waals surface area contributed by atoms with E-state index in [-0.39, 0.29) is 11.5 Å². The fraction of sp³-hybridized carbons (Fsp3) is 0.643. The molecule has 1 atom stereocenters. The number of rotatable bonds is 2. The van der Waals surface area contributed by atoms with Crippen LogP contribution < -0.4 is 0 Å². The molecule has 0 saturated carbocycles. The third-order valence-corrected chi connectivity index (χ3v) is 4.92. The van der Waals surface area contributed by atoms with E-state index in [1.807, 2.05) is 17.5 Å². The van der Waals surface area contributed by atoms with E-state index >= 15 is 0 Å². The van der Waals surface area contributed by atoms with E-state index in [0.29, 0.717) is 12.4 Å². The summed E-state index contributed by atoms with van der Waals surface area (Å²) in [7, 11) is 0. The van der Waals surface area contributed by atoms with Crippen LogP contribution in [0.3, 0.4) is 0 Å². The molecule has 18 heavy (non-hydrogen) atoms. The molecule has 0 aliphatic carbocycles. The van der Waals surface area contributed by atoms with Gasteiger partial charge in [-0.3, -0.25) is 4.79 Å². The molecule has 3 nitrogen and oxygen atoms in total. The van der Waals surface area contributed by atoms with Gasteiger partial charge in [0.05, 0.1) is 10.5 Å².